The number of amides is 1. The number of aryl methyl sites for hydroxylation is 1. The summed E-state index contributed by atoms with van der Waals surface area (Å²) in [5, 5.41) is 0.539. The molecule has 0 saturated carbocycles. The molecule has 0 spiro atoms. The maximum Gasteiger partial charge on any atom is 0.230 e. The molecule has 1 unspecified atom stereocenters. The van der Waals surface area contributed by atoms with Crippen molar-refractivity contribution < 1.29 is 4.79 Å². The Morgan fingerprint density at radius 1 is 1.38 bits per heavy atom. The number of nitrogens with two attached hydrogens (primary N) is 1. The van der Waals surface area contributed by atoms with Crippen molar-refractivity contribution in [3.05, 3.63) is 17.6 Å². The topological polar surface area (TPSA) is 68.9 Å². The van der Waals surface area contributed by atoms with Gasteiger partial charge in [-0.2, -0.15) is 0 Å². The zero-order valence-electron chi connectivity index (χ0n) is 10.0. The Labute approximate surface area is 100 Å². The van der Waals surface area contributed by atoms with Gasteiger partial charge in [-0.25, -0.2) is 9.97 Å². The van der Waals surface area contributed by atoms with Crippen LogP contribution in [0, 0.1) is 6.92 Å². The van der Waals surface area contributed by atoms with Gasteiger partial charge < -0.3 is 5.73 Å². The van der Waals surface area contributed by atoms with E-state index in [4.69, 9.17) is 5.73 Å². The van der Waals surface area contributed by atoms with Gasteiger partial charge in [0.2, 0.25) is 5.91 Å². The van der Waals surface area contributed by atoms with Crippen molar-refractivity contribution in [2.75, 3.05) is 0 Å². The highest BCUT2D eigenvalue weighted by Gasteiger charge is 2.13. The minimum Gasteiger partial charge on any atom is -0.369 e. The van der Waals surface area contributed by atoms with Gasteiger partial charge in [0.25, 0.3) is 0 Å². The molecule has 4 nitrogen and oxygen atoms in total. The molecule has 0 aliphatic heterocycles. The van der Waals surface area contributed by atoms with E-state index in [0.29, 0.717) is 0 Å². The molecule has 0 bridgehead atoms. The number of thioether (sulfide) groups is 1. The summed E-state index contributed by atoms with van der Waals surface area (Å²) in [6.07, 6.45) is 0. The lowest BCUT2D eigenvalue weighted by atomic mass is 10.2. The maximum atomic E-state index is 11.0. The number of rotatable bonds is 4. The van der Waals surface area contributed by atoms with Crippen molar-refractivity contribution in [3.8, 4) is 0 Å². The highest BCUT2D eigenvalue weighted by molar-refractivity contribution is 8.00. The normalized spacial score (nSPS) is 12.8. The quantitative estimate of drug-likeness (QED) is 0.643. The molecule has 0 saturated heterocycles. The van der Waals surface area contributed by atoms with Crippen molar-refractivity contribution in [1.29, 1.82) is 0 Å². The molecule has 0 aromatic carbocycles. The monoisotopic (exact) mass is 239 g/mol. The summed E-state index contributed by atoms with van der Waals surface area (Å²) < 4.78 is 0. The lowest BCUT2D eigenvalue weighted by Gasteiger charge is -2.10. The van der Waals surface area contributed by atoms with Gasteiger partial charge in [0.1, 0.15) is 10.9 Å². The van der Waals surface area contributed by atoms with E-state index in [0.717, 1.165) is 16.5 Å². The SMILES string of the molecule is Cc1cc(SC(C)C(N)=O)nc(C(C)C)n1. The number of carbonyl (C=O) groups is 1. The summed E-state index contributed by atoms with van der Waals surface area (Å²) in [5.74, 6) is 0.759. The zero-order chi connectivity index (χ0) is 12.3. The molecule has 1 heterocycles. The summed E-state index contributed by atoms with van der Waals surface area (Å²) >= 11 is 1.37. The lowest BCUT2D eigenvalue weighted by molar-refractivity contribution is -0.117. The molecule has 16 heavy (non-hydrogen) atoms. The molecule has 0 aliphatic carbocycles. The Balaban J connectivity index is 2.92. The Morgan fingerprint density at radius 3 is 2.50 bits per heavy atom. The van der Waals surface area contributed by atoms with Crippen LogP contribution in [-0.4, -0.2) is 21.1 Å². The van der Waals surface area contributed by atoms with Crippen LogP contribution in [0.1, 0.15) is 38.2 Å². The number of hydrogen-bond donors (Lipinski definition) is 1. The Morgan fingerprint density at radius 2 is 2.00 bits per heavy atom. The van der Waals surface area contributed by atoms with Crippen LogP contribution in [0.15, 0.2) is 11.1 Å². The van der Waals surface area contributed by atoms with E-state index in [2.05, 4.69) is 9.97 Å². The van der Waals surface area contributed by atoms with E-state index >= 15 is 0 Å². The Bertz CT molecular complexity index is 393. The fraction of sp³-hybridized carbons (Fsp3) is 0.545. The van der Waals surface area contributed by atoms with E-state index in [1.807, 2.05) is 26.8 Å². The summed E-state index contributed by atoms with van der Waals surface area (Å²) in [6, 6.07) is 1.87. The fourth-order valence-corrected chi connectivity index (χ4v) is 1.98. The third kappa shape index (κ3) is 3.48. The molecule has 0 aliphatic rings. The van der Waals surface area contributed by atoms with Gasteiger partial charge in [-0.3, -0.25) is 4.79 Å². The van der Waals surface area contributed by atoms with Gasteiger partial charge >= 0.3 is 0 Å². The van der Waals surface area contributed by atoms with E-state index < -0.39 is 0 Å². The van der Waals surface area contributed by atoms with Crippen LogP contribution in [0.3, 0.4) is 0 Å². The first-order valence-electron chi connectivity index (χ1n) is 5.21. The smallest absolute Gasteiger partial charge is 0.230 e. The fourth-order valence-electron chi connectivity index (χ4n) is 1.12. The van der Waals surface area contributed by atoms with E-state index in [1.165, 1.54) is 11.8 Å². The van der Waals surface area contributed by atoms with E-state index in [9.17, 15) is 4.79 Å². The molecular weight excluding hydrogens is 222 g/mol. The number of carbonyl (C=O) groups excluding carboxylic acids is 1. The minimum absolute atomic E-state index is 0.269. The molecule has 5 heteroatoms. The first-order valence-corrected chi connectivity index (χ1v) is 6.09. The third-order valence-electron chi connectivity index (χ3n) is 2.06. The molecule has 88 valence electrons. The summed E-state index contributed by atoms with van der Waals surface area (Å²) in [4.78, 5) is 19.7. The second-order valence-corrected chi connectivity index (χ2v) is 5.38. The van der Waals surface area contributed by atoms with Gasteiger partial charge in [-0.15, -0.1) is 0 Å². The van der Waals surface area contributed by atoms with Crippen LogP contribution in [0.4, 0.5) is 0 Å². The third-order valence-corrected chi connectivity index (χ3v) is 3.10. The van der Waals surface area contributed by atoms with Crippen LogP contribution in [0.2, 0.25) is 0 Å². The van der Waals surface area contributed by atoms with Crippen LogP contribution in [0.5, 0.6) is 0 Å². The second-order valence-electron chi connectivity index (χ2n) is 4.02. The average molecular weight is 239 g/mol. The Hall–Kier alpha value is -1.10. The number of primary amides is 1. The molecular formula is C11H17N3OS. The lowest BCUT2D eigenvalue weighted by Crippen LogP contribution is -2.22. The first-order chi connectivity index (χ1) is 7.40. The minimum atomic E-state index is -0.327. The number of hydrogen-bond acceptors (Lipinski definition) is 4. The second kappa shape index (κ2) is 5.30. The van der Waals surface area contributed by atoms with Crippen LogP contribution in [-0.2, 0) is 4.79 Å². The van der Waals surface area contributed by atoms with Gasteiger partial charge in [-0.05, 0) is 19.9 Å². The standard InChI is InChI=1S/C11H17N3OS/c1-6(2)11-13-7(3)5-9(14-11)16-8(4)10(12)15/h5-6,8H,1-4H3,(H2,12,15). The Kier molecular flexibility index (Phi) is 4.29. The number of nitrogens with zero attached hydrogens (tertiary/aromatic N) is 2. The average Bonchev–Trinajstić information content (AvgIpc) is 2.16. The van der Waals surface area contributed by atoms with Crippen molar-refractivity contribution in [1.82, 2.24) is 9.97 Å². The van der Waals surface area contributed by atoms with Crippen molar-refractivity contribution in [2.24, 2.45) is 5.73 Å². The highest BCUT2D eigenvalue weighted by atomic mass is 32.2. The summed E-state index contributed by atoms with van der Waals surface area (Å²) in [7, 11) is 0. The first kappa shape index (κ1) is 13.0. The zero-order valence-corrected chi connectivity index (χ0v) is 10.8. The molecule has 1 aromatic heterocycles. The highest BCUT2D eigenvalue weighted by Crippen LogP contribution is 2.23. The molecule has 1 aromatic rings. The van der Waals surface area contributed by atoms with Gasteiger partial charge in [-0.1, -0.05) is 25.6 Å². The molecule has 1 atom stereocenters. The van der Waals surface area contributed by atoms with Gasteiger partial charge in [0.15, 0.2) is 0 Å². The summed E-state index contributed by atoms with van der Waals surface area (Å²) in [5.41, 5.74) is 6.13. The molecule has 0 fully saturated rings. The summed E-state index contributed by atoms with van der Waals surface area (Å²) in [6.45, 7) is 7.79. The molecule has 1 rings (SSSR count). The predicted octanol–water partition coefficient (Wildman–Crippen LogP) is 1.87. The van der Waals surface area contributed by atoms with Crippen molar-refractivity contribution in [3.63, 3.8) is 0 Å². The van der Waals surface area contributed by atoms with Crippen molar-refractivity contribution >= 4 is 17.7 Å². The largest absolute Gasteiger partial charge is 0.369 e. The number of aromatic nitrogens is 2. The molecule has 0 radical (unpaired) electrons. The van der Waals surface area contributed by atoms with Gasteiger partial charge in [0.05, 0.1) is 5.25 Å². The van der Waals surface area contributed by atoms with Gasteiger partial charge in [0, 0.05) is 11.6 Å². The predicted molar refractivity (Wildman–Crippen MR) is 65.4 cm³/mol. The van der Waals surface area contributed by atoms with Crippen LogP contribution >= 0.6 is 11.8 Å². The van der Waals surface area contributed by atoms with Crippen LogP contribution in [0.25, 0.3) is 0 Å². The van der Waals surface area contributed by atoms with Crippen molar-refractivity contribution in [2.45, 2.75) is 43.9 Å². The maximum absolute atomic E-state index is 11.0. The molecule has 1 amide bonds. The van der Waals surface area contributed by atoms with E-state index in [1.54, 1.807) is 6.92 Å². The van der Waals surface area contributed by atoms with E-state index in [-0.39, 0.29) is 17.1 Å². The molecule has 2 N–H and O–H groups in total. The van der Waals surface area contributed by atoms with Crippen LogP contribution < -0.4 is 5.73 Å².